The van der Waals surface area contributed by atoms with Gasteiger partial charge >= 0.3 is 0 Å². The van der Waals surface area contributed by atoms with Crippen molar-refractivity contribution in [3.05, 3.63) is 89.6 Å². The summed E-state index contributed by atoms with van der Waals surface area (Å²) in [7, 11) is -2.24. The van der Waals surface area contributed by atoms with E-state index in [0.29, 0.717) is 36.5 Å². The van der Waals surface area contributed by atoms with E-state index in [1.165, 1.54) is 34.1 Å². The van der Waals surface area contributed by atoms with Gasteiger partial charge in [-0.1, -0.05) is 77.4 Å². The van der Waals surface area contributed by atoms with Crippen LogP contribution >= 0.6 is 0 Å². The molecule has 10 heteroatoms. The van der Waals surface area contributed by atoms with Crippen LogP contribution in [0.1, 0.15) is 58.6 Å². The Balaban J connectivity index is 0.000000502. The molecule has 1 heterocycles. The Hall–Kier alpha value is -4.15. The van der Waals surface area contributed by atoms with Crippen molar-refractivity contribution in [1.29, 1.82) is 0 Å². The molecule has 3 N–H and O–H groups in total. The molecule has 0 atom stereocenters. The molecule has 0 aromatic heterocycles. The zero-order valence-corrected chi connectivity index (χ0v) is 27.4. The lowest BCUT2D eigenvalue weighted by molar-refractivity contribution is -0.114. The number of benzene rings is 3. The molecule has 0 aliphatic carbocycles. The first-order chi connectivity index (χ1) is 21.2. The first kappa shape index (κ1) is 34.3. The molecular formula is C34H45N5O4S. The van der Waals surface area contributed by atoms with E-state index in [0.717, 1.165) is 36.2 Å². The maximum absolute atomic E-state index is 13.5. The van der Waals surface area contributed by atoms with Gasteiger partial charge in [-0.05, 0) is 60.7 Å². The predicted octanol–water partition coefficient (Wildman–Crippen LogP) is 6.62. The van der Waals surface area contributed by atoms with Gasteiger partial charge in [-0.2, -0.15) is 14.4 Å². The quantitative estimate of drug-likeness (QED) is 0.174. The summed E-state index contributed by atoms with van der Waals surface area (Å²) in [5.41, 5.74) is 11.2. The van der Waals surface area contributed by atoms with Gasteiger partial charge in [-0.15, -0.1) is 0 Å². The van der Waals surface area contributed by atoms with Crippen molar-refractivity contribution in [2.24, 2.45) is 5.10 Å². The number of sulfonamides is 1. The van der Waals surface area contributed by atoms with E-state index in [1.54, 1.807) is 26.1 Å². The van der Waals surface area contributed by atoms with Gasteiger partial charge in [0.2, 0.25) is 10.0 Å². The van der Waals surface area contributed by atoms with E-state index in [9.17, 15) is 13.2 Å². The largest absolute Gasteiger partial charge is 0.494 e. The van der Waals surface area contributed by atoms with Crippen LogP contribution in [0.25, 0.3) is 0 Å². The van der Waals surface area contributed by atoms with Gasteiger partial charge in [0.1, 0.15) is 11.4 Å². The number of ether oxygens (including phenoxy) is 1. The standard InChI is InChI=1S/C26H34N4O4S.C8H11N/c1-6-12-23-21(18-27-22-14-11-10-13-19(22)7-2)26(31)30(28-23)24-17-20(15-16-25(24)34-5)35(32,33)29(8-3)9-4;1-2-7-5-3-4-6-8(7)9/h10-11,13-18,27H,6-9,12H2,1-5H3;3-6H,2,9H2,1H3. The van der Waals surface area contributed by atoms with Crippen molar-refractivity contribution in [1.82, 2.24) is 4.31 Å². The predicted molar refractivity (Wildman–Crippen MR) is 181 cm³/mol. The Bertz CT molecular complexity index is 1600. The lowest BCUT2D eigenvalue weighted by atomic mass is 10.1. The summed E-state index contributed by atoms with van der Waals surface area (Å²) in [4.78, 5) is 13.6. The van der Waals surface area contributed by atoms with Crippen LogP contribution in [0.15, 0.2) is 88.5 Å². The number of rotatable bonds is 12. The van der Waals surface area contributed by atoms with Crippen LogP contribution in [0.2, 0.25) is 0 Å². The molecule has 44 heavy (non-hydrogen) atoms. The molecule has 0 saturated carbocycles. The number of amides is 1. The number of nitrogens with one attached hydrogen (secondary N) is 1. The maximum Gasteiger partial charge on any atom is 0.282 e. The van der Waals surface area contributed by atoms with Gasteiger partial charge in [-0.3, -0.25) is 4.79 Å². The number of nitrogens with zero attached hydrogens (tertiary/aromatic N) is 3. The minimum Gasteiger partial charge on any atom is -0.494 e. The first-order valence-electron chi connectivity index (χ1n) is 15.1. The van der Waals surface area contributed by atoms with Crippen LogP contribution in [0, 0.1) is 0 Å². The molecule has 1 amide bonds. The average molecular weight is 620 g/mol. The van der Waals surface area contributed by atoms with E-state index >= 15 is 0 Å². The van der Waals surface area contributed by atoms with Gasteiger partial charge in [0.25, 0.3) is 5.91 Å². The normalized spacial score (nSPS) is 14.0. The van der Waals surface area contributed by atoms with E-state index in [-0.39, 0.29) is 16.5 Å². The number of aryl methyl sites for hydroxylation is 2. The number of carbonyl (C=O) groups excluding carboxylic acids is 1. The topological polar surface area (TPSA) is 117 Å². The minimum absolute atomic E-state index is 0.0875. The van der Waals surface area contributed by atoms with Gasteiger partial charge in [-0.25, -0.2) is 8.42 Å². The number of anilines is 3. The summed E-state index contributed by atoms with van der Waals surface area (Å²) in [5, 5.41) is 9.09. The van der Waals surface area contributed by atoms with E-state index in [1.807, 2.05) is 49.4 Å². The number of para-hydroxylation sites is 2. The maximum atomic E-state index is 13.5. The van der Waals surface area contributed by atoms with E-state index in [2.05, 4.69) is 30.3 Å². The summed E-state index contributed by atoms with van der Waals surface area (Å²) in [5.74, 6) is 0.0209. The highest BCUT2D eigenvalue weighted by atomic mass is 32.2. The number of hydrogen-bond donors (Lipinski definition) is 2. The summed E-state index contributed by atoms with van der Waals surface area (Å²) in [6.07, 6.45) is 4.97. The molecular weight excluding hydrogens is 574 g/mol. The van der Waals surface area contributed by atoms with Gasteiger partial charge in [0.15, 0.2) is 0 Å². The van der Waals surface area contributed by atoms with Gasteiger partial charge < -0.3 is 15.8 Å². The Morgan fingerprint density at radius 2 is 1.57 bits per heavy atom. The van der Waals surface area contributed by atoms with Crippen molar-refractivity contribution in [2.45, 2.75) is 65.2 Å². The monoisotopic (exact) mass is 619 g/mol. The lowest BCUT2D eigenvalue weighted by Crippen LogP contribution is -2.31. The van der Waals surface area contributed by atoms with Crippen molar-refractivity contribution >= 4 is 38.7 Å². The molecule has 9 nitrogen and oxygen atoms in total. The van der Waals surface area contributed by atoms with Crippen LogP contribution in [-0.4, -0.2) is 44.5 Å². The van der Waals surface area contributed by atoms with Crippen LogP contribution in [0.4, 0.5) is 17.1 Å². The fourth-order valence-electron chi connectivity index (χ4n) is 4.87. The first-order valence-corrected chi connectivity index (χ1v) is 16.6. The van der Waals surface area contributed by atoms with Crippen molar-refractivity contribution < 1.29 is 17.9 Å². The lowest BCUT2D eigenvalue weighted by Gasteiger charge is -2.21. The molecule has 0 bridgehead atoms. The fourth-order valence-corrected chi connectivity index (χ4v) is 6.35. The third kappa shape index (κ3) is 7.86. The zero-order valence-electron chi connectivity index (χ0n) is 26.6. The van der Waals surface area contributed by atoms with Crippen LogP contribution < -0.4 is 20.8 Å². The van der Waals surface area contributed by atoms with Crippen molar-refractivity contribution in [2.75, 3.05) is 36.3 Å². The Kier molecular flexibility index (Phi) is 12.5. The molecule has 1 aliphatic heterocycles. The summed E-state index contributed by atoms with van der Waals surface area (Å²) in [6, 6.07) is 20.4. The summed E-state index contributed by atoms with van der Waals surface area (Å²) in [6.45, 7) is 10.5. The van der Waals surface area contributed by atoms with Crippen LogP contribution in [-0.2, 0) is 27.7 Å². The SMILES string of the molecule is CCCC1=NN(c2cc(S(=O)(=O)N(CC)CC)ccc2OC)C(=O)C1=CNc1ccccc1CC.CCc1ccccc1N. The van der Waals surface area contributed by atoms with Gasteiger partial charge in [0.05, 0.1) is 23.3 Å². The Morgan fingerprint density at radius 3 is 2.14 bits per heavy atom. The second-order valence-corrected chi connectivity index (χ2v) is 12.0. The molecule has 3 aromatic carbocycles. The number of carbonyl (C=O) groups is 1. The molecule has 0 fully saturated rings. The van der Waals surface area contributed by atoms with E-state index < -0.39 is 10.0 Å². The molecule has 3 aromatic rings. The van der Waals surface area contributed by atoms with Gasteiger partial charge in [0, 0.05) is 30.7 Å². The van der Waals surface area contributed by atoms with Crippen molar-refractivity contribution in [3.8, 4) is 5.75 Å². The Morgan fingerprint density at radius 1 is 0.932 bits per heavy atom. The molecule has 0 radical (unpaired) electrons. The number of hydrazone groups is 1. The second kappa shape index (κ2) is 16.1. The smallest absolute Gasteiger partial charge is 0.282 e. The third-order valence-electron chi connectivity index (χ3n) is 7.37. The molecule has 1 aliphatic rings. The Labute approximate surface area is 262 Å². The number of hydrogen-bond acceptors (Lipinski definition) is 7. The van der Waals surface area contributed by atoms with Crippen LogP contribution in [0.3, 0.4) is 0 Å². The van der Waals surface area contributed by atoms with Crippen molar-refractivity contribution in [3.63, 3.8) is 0 Å². The number of methoxy groups -OCH3 is 1. The minimum atomic E-state index is -3.72. The molecule has 0 unspecified atom stereocenters. The van der Waals surface area contributed by atoms with E-state index in [4.69, 9.17) is 10.5 Å². The highest BCUT2D eigenvalue weighted by molar-refractivity contribution is 7.89. The number of nitrogens with two attached hydrogens (primary N) is 1. The molecule has 236 valence electrons. The summed E-state index contributed by atoms with van der Waals surface area (Å²) >= 11 is 0. The highest BCUT2D eigenvalue weighted by Gasteiger charge is 2.34. The summed E-state index contributed by atoms with van der Waals surface area (Å²) < 4.78 is 33.1. The molecule has 0 saturated heterocycles. The molecule has 0 spiro atoms. The average Bonchev–Trinajstić information content (AvgIpc) is 3.35. The number of nitrogen functional groups attached to an aromatic ring is 1. The highest BCUT2D eigenvalue weighted by Crippen LogP contribution is 2.36. The zero-order chi connectivity index (χ0) is 32.3. The third-order valence-corrected chi connectivity index (χ3v) is 9.42. The second-order valence-electron chi connectivity index (χ2n) is 10.1. The molecule has 4 rings (SSSR count). The fraction of sp³-hybridized carbons (Fsp3) is 0.353. The van der Waals surface area contributed by atoms with Crippen LogP contribution in [0.5, 0.6) is 5.75 Å².